The summed E-state index contributed by atoms with van der Waals surface area (Å²) in [5.74, 6) is 0.452. The number of fused-ring (bicyclic) bond motifs is 3. The average Bonchev–Trinajstić information content (AvgIpc) is 2.54. The molecule has 5 heteroatoms. The Morgan fingerprint density at radius 1 is 0.833 bits per heavy atom. The molecule has 0 radical (unpaired) electrons. The van der Waals surface area contributed by atoms with E-state index >= 15 is 0 Å². The molecule has 24 heavy (non-hydrogen) atoms. The summed E-state index contributed by atoms with van der Waals surface area (Å²) in [6, 6.07) is 19.2. The normalized spacial score (nSPS) is 18.3. The number of hydrogen-bond acceptors (Lipinski definition) is 4. The molecule has 0 saturated heterocycles. The SMILES string of the molecule is O=P1(Cc2cc(O)cc(O)c2)Oc2ccccc2-c2ccccc21. The molecule has 2 N–H and O–H groups in total. The monoisotopic (exact) mass is 338 g/mol. The average molecular weight is 338 g/mol. The highest BCUT2D eigenvalue weighted by Crippen LogP contribution is 2.56. The molecule has 1 aliphatic rings. The fourth-order valence-corrected chi connectivity index (χ4v) is 5.43. The van der Waals surface area contributed by atoms with Crippen molar-refractivity contribution in [3.05, 3.63) is 72.3 Å². The Labute approximate surface area is 139 Å². The summed E-state index contributed by atoms with van der Waals surface area (Å²) in [7, 11) is -3.22. The molecule has 0 aliphatic carbocycles. The molecule has 0 spiro atoms. The molecule has 1 unspecified atom stereocenters. The maximum absolute atomic E-state index is 13.6. The van der Waals surface area contributed by atoms with Crippen molar-refractivity contribution >= 4 is 12.7 Å². The minimum absolute atomic E-state index is 0.0673. The van der Waals surface area contributed by atoms with E-state index < -0.39 is 7.37 Å². The van der Waals surface area contributed by atoms with E-state index in [0.717, 1.165) is 11.1 Å². The van der Waals surface area contributed by atoms with E-state index in [2.05, 4.69) is 0 Å². The maximum Gasteiger partial charge on any atom is 0.282 e. The van der Waals surface area contributed by atoms with Crippen molar-refractivity contribution in [1.82, 2.24) is 0 Å². The fraction of sp³-hybridized carbons (Fsp3) is 0.0526. The van der Waals surface area contributed by atoms with E-state index in [-0.39, 0.29) is 17.7 Å². The van der Waals surface area contributed by atoms with Gasteiger partial charge >= 0.3 is 0 Å². The van der Waals surface area contributed by atoms with Gasteiger partial charge in [0.05, 0.1) is 11.5 Å². The lowest BCUT2D eigenvalue weighted by atomic mass is 10.0. The van der Waals surface area contributed by atoms with Gasteiger partial charge in [-0.3, -0.25) is 4.57 Å². The lowest BCUT2D eigenvalue weighted by Crippen LogP contribution is -2.18. The zero-order valence-corrected chi connectivity index (χ0v) is 13.6. The summed E-state index contributed by atoms with van der Waals surface area (Å²) >= 11 is 0. The van der Waals surface area contributed by atoms with Gasteiger partial charge in [0.15, 0.2) is 0 Å². The van der Waals surface area contributed by atoms with E-state index in [4.69, 9.17) is 4.52 Å². The number of para-hydroxylation sites is 1. The number of phenolic OH excluding ortho intramolecular Hbond substituents is 2. The van der Waals surface area contributed by atoms with Gasteiger partial charge in [0.25, 0.3) is 7.37 Å². The van der Waals surface area contributed by atoms with Crippen molar-refractivity contribution in [1.29, 1.82) is 0 Å². The zero-order valence-electron chi connectivity index (χ0n) is 12.7. The Kier molecular flexibility index (Phi) is 3.36. The van der Waals surface area contributed by atoms with Gasteiger partial charge in [0.2, 0.25) is 0 Å². The van der Waals surface area contributed by atoms with Crippen LogP contribution in [0.2, 0.25) is 0 Å². The number of hydrogen-bond donors (Lipinski definition) is 2. The standard InChI is InChI=1S/C19H15O4P/c20-14-9-13(10-15(21)11-14)12-24(22)19-8-4-2-6-17(19)16-5-1-3-7-18(16)23-24/h1-11,20-21H,12H2. The van der Waals surface area contributed by atoms with Crippen molar-refractivity contribution in [3.8, 4) is 28.4 Å². The first-order valence-electron chi connectivity index (χ1n) is 7.55. The van der Waals surface area contributed by atoms with Crippen LogP contribution >= 0.6 is 7.37 Å². The van der Waals surface area contributed by atoms with Crippen LogP contribution in [0.4, 0.5) is 0 Å². The lowest BCUT2D eigenvalue weighted by Gasteiger charge is -2.28. The first-order valence-corrected chi connectivity index (χ1v) is 9.36. The molecule has 0 saturated carbocycles. The second-order valence-electron chi connectivity index (χ2n) is 5.79. The van der Waals surface area contributed by atoms with Crippen LogP contribution in [0.1, 0.15) is 5.56 Å². The minimum atomic E-state index is -3.22. The minimum Gasteiger partial charge on any atom is -0.508 e. The number of aromatic hydroxyl groups is 2. The Hall–Kier alpha value is -2.71. The Morgan fingerprint density at radius 2 is 1.46 bits per heavy atom. The summed E-state index contributed by atoms with van der Waals surface area (Å²) in [4.78, 5) is 0. The molecule has 4 rings (SSSR count). The van der Waals surface area contributed by atoms with Crippen LogP contribution in [-0.4, -0.2) is 10.2 Å². The quantitative estimate of drug-likeness (QED) is 0.685. The molecule has 4 nitrogen and oxygen atoms in total. The van der Waals surface area contributed by atoms with E-state index in [1.807, 2.05) is 42.5 Å². The molecule has 1 heterocycles. The van der Waals surface area contributed by atoms with E-state index in [9.17, 15) is 14.8 Å². The lowest BCUT2D eigenvalue weighted by molar-refractivity contribution is 0.449. The topological polar surface area (TPSA) is 66.8 Å². The smallest absolute Gasteiger partial charge is 0.282 e. The highest BCUT2D eigenvalue weighted by molar-refractivity contribution is 7.67. The number of benzene rings is 3. The van der Waals surface area contributed by atoms with Crippen LogP contribution in [0.5, 0.6) is 17.2 Å². The first kappa shape index (κ1) is 14.9. The Balaban J connectivity index is 1.85. The predicted octanol–water partition coefficient (Wildman–Crippen LogP) is 4.26. The summed E-state index contributed by atoms with van der Waals surface area (Å²) in [5.41, 5.74) is 2.37. The molecule has 120 valence electrons. The molecule has 1 aliphatic heterocycles. The predicted molar refractivity (Wildman–Crippen MR) is 93.2 cm³/mol. The van der Waals surface area contributed by atoms with Gasteiger partial charge in [0.1, 0.15) is 17.2 Å². The summed E-state index contributed by atoms with van der Waals surface area (Å²) in [6.07, 6.45) is 0.0975. The van der Waals surface area contributed by atoms with Gasteiger partial charge in [-0.2, -0.15) is 0 Å². The highest BCUT2D eigenvalue weighted by Gasteiger charge is 2.36. The second-order valence-corrected chi connectivity index (χ2v) is 8.12. The van der Waals surface area contributed by atoms with Crippen LogP contribution in [-0.2, 0) is 10.7 Å². The van der Waals surface area contributed by atoms with Crippen molar-refractivity contribution in [2.75, 3.05) is 0 Å². The zero-order chi connectivity index (χ0) is 16.7. The number of phenols is 2. The molecular weight excluding hydrogens is 323 g/mol. The molecule has 3 aromatic rings. The van der Waals surface area contributed by atoms with E-state index in [0.29, 0.717) is 16.6 Å². The van der Waals surface area contributed by atoms with Crippen molar-refractivity contribution in [3.63, 3.8) is 0 Å². The van der Waals surface area contributed by atoms with Crippen LogP contribution in [0.3, 0.4) is 0 Å². The third kappa shape index (κ3) is 2.45. The van der Waals surface area contributed by atoms with Crippen molar-refractivity contribution in [2.24, 2.45) is 0 Å². The van der Waals surface area contributed by atoms with Crippen LogP contribution in [0, 0.1) is 0 Å². The highest BCUT2D eigenvalue weighted by atomic mass is 31.2. The molecule has 0 bridgehead atoms. The third-order valence-corrected chi connectivity index (χ3v) is 6.44. The van der Waals surface area contributed by atoms with Gasteiger partial charge in [-0.05, 0) is 35.4 Å². The van der Waals surface area contributed by atoms with Gasteiger partial charge in [-0.1, -0.05) is 36.4 Å². The van der Waals surface area contributed by atoms with Gasteiger partial charge in [0, 0.05) is 11.6 Å². The van der Waals surface area contributed by atoms with Crippen LogP contribution in [0.15, 0.2) is 66.7 Å². The van der Waals surface area contributed by atoms with Crippen LogP contribution in [0.25, 0.3) is 11.1 Å². The van der Waals surface area contributed by atoms with Gasteiger partial charge in [-0.25, -0.2) is 0 Å². The second kappa shape index (κ2) is 5.43. The molecule has 0 amide bonds. The first-order chi connectivity index (χ1) is 11.5. The largest absolute Gasteiger partial charge is 0.508 e. The Bertz CT molecular complexity index is 960. The molecule has 0 fully saturated rings. The third-order valence-electron chi connectivity index (χ3n) is 4.05. The molecule has 3 aromatic carbocycles. The van der Waals surface area contributed by atoms with E-state index in [1.165, 1.54) is 18.2 Å². The number of rotatable bonds is 2. The van der Waals surface area contributed by atoms with Gasteiger partial charge in [-0.15, -0.1) is 0 Å². The summed E-state index contributed by atoms with van der Waals surface area (Å²) in [5, 5.41) is 20.0. The van der Waals surface area contributed by atoms with Crippen molar-refractivity contribution < 1.29 is 19.3 Å². The summed E-state index contributed by atoms with van der Waals surface area (Å²) in [6.45, 7) is 0. The molecule has 0 aromatic heterocycles. The van der Waals surface area contributed by atoms with Crippen molar-refractivity contribution in [2.45, 2.75) is 6.16 Å². The molecular formula is C19H15O4P. The van der Waals surface area contributed by atoms with E-state index in [1.54, 1.807) is 6.07 Å². The van der Waals surface area contributed by atoms with Gasteiger partial charge < -0.3 is 14.7 Å². The van der Waals surface area contributed by atoms with Crippen LogP contribution < -0.4 is 9.83 Å². The molecule has 1 atom stereocenters. The summed E-state index contributed by atoms with van der Waals surface area (Å²) < 4.78 is 19.5. The Morgan fingerprint density at radius 3 is 2.21 bits per heavy atom. The maximum atomic E-state index is 13.6. The fourth-order valence-electron chi connectivity index (χ4n) is 3.08.